The summed E-state index contributed by atoms with van der Waals surface area (Å²) in [5.41, 5.74) is 0. The van der Waals surface area contributed by atoms with Gasteiger partial charge in [0.05, 0.1) is 6.61 Å². The third-order valence-electron chi connectivity index (χ3n) is 0.456. The van der Waals surface area contributed by atoms with Gasteiger partial charge in [-0.2, -0.15) is 0 Å². The standard InChI is InChI=1S/C2H5Br2O3PS/c1-2-5-8(9,6-3)7-4/h2H2,1H3. The van der Waals surface area contributed by atoms with E-state index in [-0.39, 0.29) is 0 Å². The SMILES string of the molecule is CCOP(=S)(OBr)OBr. The molecule has 0 saturated carbocycles. The minimum absolute atomic E-state index is 0.467. The molecular weight excluding hydrogens is 295 g/mol. The van der Waals surface area contributed by atoms with Gasteiger partial charge in [-0.3, -0.25) is 0 Å². The topological polar surface area (TPSA) is 27.7 Å². The maximum Gasteiger partial charge on any atom is 0.349 e. The van der Waals surface area contributed by atoms with Crippen molar-refractivity contribution in [1.29, 1.82) is 0 Å². The Hall–Kier alpha value is 1.49. The van der Waals surface area contributed by atoms with Crippen LogP contribution in [0.25, 0.3) is 0 Å². The Labute approximate surface area is 76.2 Å². The van der Waals surface area contributed by atoms with Crippen LogP contribution in [0.1, 0.15) is 6.92 Å². The molecule has 56 valence electrons. The van der Waals surface area contributed by atoms with Gasteiger partial charge in [-0.05, 0) is 18.7 Å². The zero-order valence-corrected chi connectivity index (χ0v) is 9.43. The van der Waals surface area contributed by atoms with Crippen molar-refractivity contribution in [3.63, 3.8) is 0 Å². The first-order valence-corrected chi connectivity index (χ1v) is 5.89. The van der Waals surface area contributed by atoms with Gasteiger partial charge in [0, 0.05) is 0 Å². The van der Waals surface area contributed by atoms with Gasteiger partial charge in [-0.1, -0.05) is 0 Å². The van der Waals surface area contributed by atoms with E-state index in [4.69, 9.17) is 16.3 Å². The Morgan fingerprint density at radius 2 is 1.89 bits per heavy atom. The summed E-state index contributed by atoms with van der Waals surface area (Å²) >= 11 is 10.2. The van der Waals surface area contributed by atoms with Gasteiger partial charge in [0.15, 0.2) is 0 Å². The molecule has 0 amide bonds. The summed E-state index contributed by atoms with van der Waals surface area (Å²) in [6.45, 7) is -0.243. The molecule has 0 aliphatic heterocycles. The Bertz CT molecular complexity index is 112. The van der Waals surface area contributed by atoms with Crippen LogP contribution in [-0.4, -0.2) is 6.61 Å². The summed E-state index contributed by atoms with van der Waals surface area (Å²) in [5, 5.41) is 0. The summed E-state index contributed by atoms with van der Waals surface area (Å²) in [6.07, 6.45) is 0. The van der Waals surface area contributed by atoms with Crippen LogP contribution in [0.2, 0.25) is 0 Å². The van der Waals surface area contributed by atoms with Crippen LogP contribution in [-0.2, 0) is 23.6 Å². The van der Waals surface area contributed by atoms with Gasteiger partial charge in [-0.25, -0.2) is 7.23 Å². The molecular formula is C2H5Br2O3PS. The number of hydrogen-bond acceptors (Lipinski definition) is 4. The Balaban J connectivity index is 3.78. The van der Waals surface area contributed by atoms with E-state index in [1.54, 1.807) is 6.92 Å². The molecule has 0 rings (SSSR count). The van der Waals surface area contributed by atoms with Crippen molar-refractivity contribution < 1.29 is 11.8 Å². The highest BCUT2D eigenvalue weighted by Crippen LogP contribution is 2.53. The molecule has 0 spiro atoms. The first kappa shape index (κ1) is 10.5. The Kier molecular flexibility index (Phi) is 6.04. The lowest BCUT2D eigenvalue weighted by Gasteiger charge is -2.11. The number of hydrogen-bond donors (Lipinski definition) is 0. The third-order valence-corrected chi connectivity index (χ3v) is 5.57. The van der Waals surface area contributed by atoms with Crippen molar-refractivity contribution in [1.82, 2.24) is 0 Å². The van der Waals surface area contributed by atoms with E-state index < -0.39 is 6.72 Å². The maximum atomic E-state index is 4.92. The van der Waals surface area contributed by atoms with Gasteiger partial charge in [0.1, 0.15) is 32.5 Å². The van der Waals surface area contributed by atoms with Gasteiger partial charge in [0.25, 0.3) is 0 Å². The van der Waals surface area contributed by atoms with Crippen molar-refractivity contribution in [2.75, 3.05) is 6.61 Å². The van der Waals surface area contributed by atoms with Crippen molar-refractivity contribution >= 4 is 51.0 Å². The zero-order valence-electron chi connectivity index (χ0n) is 4.54. The molecule has 0 fully saturated rings. The minimum Gasteiger partial charge on any atom is -0.308 e. The molecule has 0 aliphatic carbocycles. The average molecular weight is 300 g/mol. The first-order valence-electron chi connectivity index (χ1n) is 2.03. The van der Waals surface area contributed by atoms with E-state index in [0.29, 0.717) is 6.61 Å². The summed E-state index contributed by atoms with van der Waals surface area (Å²) in [6, 6.07) is 0. The summed E-state index contributed by atoms with van der Waals surface area (Å²) in [4.78, 5) is 0. The van der Waals surface area contributed by atoms with E-state index in [1.165, 1.54) is 0 Å². The number of rotatable bonds is 4. The molecule has 0 N–H and O–H groups in total. The molecule has 9 heavy (non-hydrogen) atoms. The fraction of sp³-hybridized carbons (Fsp3) is 1.00. The molecule has 0 aromatic rings. The molecule has 0 aliphatic rings. The molecule has 7 heteroatoms. The highest BCUT2D eigenvalue weighted by molar-refractivity contribution is 9.08. The summed E-state index contributed by atoms with van der Waals surface area (Å²) in [7, 11) is 0. The van der Waals surface area contributed by atoms with Crippen molar-refractivity contribution in [3.05, 3.63) is 0 Å². The van der Waals surface area contributed by atoms with Crippen LogP contribution in [0.15, 0.2) is 0 Å². The van der Waals surface area contributed by atoms with Crippen molar-refractivity contribution in [2.24, 2.45) is 0 Å². The van der Waals surface area contributed by atoms with E-state index in [0.717, 1.165) is 0 Å². The lowest BCUT2D eigenvalue weighted by atomic mass is 10.9. The summed E-state index contributed by atoms with van der Waals surface area (Å²) in [5.74, 6) is 0. The van der Waals surface area contributed by atoms with Gasteiger partial charge < -0.3 is 4.52 Å². The second-order valence-corrected chi connectivity index (χ2v) is 5.51. The van der Waals surface area contributed by atoms with Crippen molar-refractivity contribution in [3.8, 4) is 0 Å². The molecule has 0 radical (unpaired) electrons. The van der Waals surface area contributed by atoms with E-state index in [2.05, 4.69) is 39.7 Å². The largest absolute Gasteiger partial charge is 0.349 e. The summed E-state index contributed by atoms with van der Waals surface area (Å²) < 4.78 is 14.1. The Morgan fingerprint density at radius 3 is 2.00 bits per heavy atom. The third kappa shape index (κ3) is 4.03. The molecule has 3 nitrogen and oxygen atoms in total. The molecule has 0 bridgehead atoms. The van der Waals surface area contributed by atoms with Crippen molar-refractivity contribution in [2.45, 2.75) is 6.92 Å². The van der Waals surface area contributed by atoms with Crippen LogP contribution in [0.4, 0.5) is 0 Å². The predicted octanol–water partition coefficient (Wildman–Crippen LogP) is 2.90. The monoisotopic (exact) mass is 298 g/mol. The maximum absolute atomic E-state index is 4.92. The van der Waals surface area contributed by atoms with Crippen LogP contribution in [0.5, 0.6) is 0 Å². The molecule has 0 aromatic heterocycles. The molecule has 0 unspecified atom stereocenters. The predicted molar refractivity (Wildman–Crippen MR) is 45.9 cm³/mol. The first-order chi connectivity index (χ1) is 4.18. The highest BCUT2D eigenvalue weighted by Gasteiger charge is 2.17. The molecule has 0 saturated heterocycles. The number of halogens is 2. The van der Waals surface area contributed by atoms with Crippen LogP contribution in [0, 0.1) is 0 Å². The van der Waals surface area contributed by atoms with E-state index in [1.807, 2.05) is 0 Å². The average Bonchev–Trinajstić information content (AvgIpc) is 1.89. The second kappa shape index (κ2) is 5.18. The fourth-order valence-corrected chi connectivity index (χ4v) is 2.27. The fourth-order valence-electron chi connectivity index (χ4n) is 0.209. The highest BCUT2D eigenvalue weighted by atomic mass is 79.9. The zero-order chi connectivity index (χ0) is 7.33. The van der Waals surface area contributed by atoms with E-state index >= 15 is 0 Å². The van der Waals surface area contributed by atoms with Gasteiger partial charge >= 0.3 is 6.72 Å². The normalized spacial score (nSPS) is 11.9. The molecule has 0 heterocycles. The van der Waals surface area contributed by atoms with Crippen LogP contribution in [0.3, 0.4) is 0 Å². The van der Waals surface area contributed by atoms with Crippen LogP contribution < -0.4 is 0 Å². The molecule has 0 aromatic carbocycles. The lowest BCUT2D eigenvalue weighted by molar-refractivity contribution is 0.303. The molecule has 0 atom stereocenters. The quantitative estimate of drug-likeness (QED) is 0.746. The van der Waals surface area contributed by atoms with Gasteiger partial charge in [0.2, 0.25) is 0 Å². The smallest absolute Gasteiger partial charge is 0.308 e. The lowest BCUT2D eigenvalue weighted by Crippen LogP contribution is -1.87. The minimum atomic E-state index is -2.51. The van der Waals surface area contributed by atoms with E-state index in [9.17, 15) is 0 Å². The van der Waals surface area contributed by atoms with Gasteiger partial charge in [-0.15, -0.1) is 0 Å². The van der Waals surface area contributed by atoms with Crippen LogP contribution >= 0.6 is 39.2 Å². The Morgan fingerprint density at radius 1 is 1.44 bits per heavy atom. The second-order valence-electron chi connectivity index (χ2n) is 1.00.